The Balaban J connectivity index is 1.66. The molecule has 26 heavy (non-hydrogen) atoms. The molecule has 2 heterocycles. The number of rotatable bonds is 4. The van der Waals surface area contributed by atoms with Gasteiger partial charge in [0.15, 0.2) is 12.4 Å². The number of pyridine rings is 1. The van der Waals surface area contributed by atoms with E-state index in [1.54, 1.807) is 6.92 Å². The number of aromatic nitrogens is 1. The predicted molar refractivity (Wildman–Crippen MR) is 104 cm³/mol. The van der Waals surface area contributed by atoms with E-state index >= 15 is 0 Å². The largest absolute Gasteiger partial charge is 0.451 e. The number of amides is 1. The minimum Gasteiger partial charge on any atom is -0.451 e. The lowest BCUT2D eigenvalue weighted by Gasteiger charge is -2.08. The van der Waals surface area contributed by atoms with Gasteiger partial charge in [0.05, 0.1) is 15.7 Å². The fraction of sp³-hybridized carbons (Fsp3) is 0.167. The van der Waals surface area contributed by atoms with Crippen molar-refractivity contribution in [1.82, 2.24) is 4.98 Å². The van der Waals surface area contributed by atoms with E-state index in [-0.39, 0.29) is 10.8 Å². The highest BCUT2D eigenvalue weighted by Gasteiger charge is 2.18. The lowest BCUT2D eigenvalue weighted by atomic mass is 10.1. The molecule has 3 rings (SSSR count). The number of fused-ring (bicyclic) bond motifs is 1. The van der Waals surface area contributed by atoms with Gasteiger partial charge in [0, 0.05) is 4.70 Å². The Hall–Kier alpha value is -2.15. The molecule has 134 valence electrons. The number of ether oxygens (including phenoxy) is 1. The summed E-state index contributed by atoms with van der Waals surface area (Å²) in [6, 6.07) is 9.20. The number of nitrogens with zero attached hydrogens (tertiary/aromatic N) is 1. The molecule has 0 aliphatic heterocycles. The van der Waals surface area contributed by atoms with E-state index in [0.717, 1.165) is 15.6 Å². The Labute approximate surface area is 163 Å². The maximum Gasteiger partial charge on any atom is 0.349 e. The minimum absolute atomic E-state index is 0.174. The number of aryl methyl sites for hydroxylation is 2. The molecular weight excluding hydrogens is 395 g/mol. The van der Waals surface area contributed by atoms with Crippen LogP contribution >= 0.6 is 34.5 Å². The summed E-state index contributed by atoms with van der Waals surface area (Å²) in [7, 11) is 0. The van der Waals surface area contributed by atoms with Gasteiger partial charge in [-0.25, -0.2) is 9.78 Å². The highest BCUT2D eigenvalue weighted by molar-refractivity contribution is 7.21. The summed E-state index contributed by atoms with van der Waals surface area (Å²) >= 11 is 13.3. The first-order chi connectivity index (χ1) is 12.4. The first-order valence-electron chi connectivity index (χ1n) is 7.64. The second kappa shape index (κ2) is 7.61. The average Bonchev–Trinajstić information content (AvgIpc) is 2.95. The predicted octanol–water partition coefficient (Wildman–Crippen LogP) is 5.02. The van der Waals surface area contributed by atoms with Crippen LogP contribution < -0.4 is 5.32 Å². The molecule has 3 aromatic rings. The summed E-state index contributed by atoms with van der Waals surface area (Å²) in [6.45, 7) is 3.11. The smallest absolute Gasteiger partial charge is 0.349 e. The third-order valence-corrected chi connectivity index (χ3v) is 5.65. The molecule has 2 aromatic heterocycles. The van der Waals surface area contributed by atoms with Gasteiger partial charge in [-0.05, 0) is 36.9 Å². The van der Waals surface area contributed by atoms with Gasteiger partial charge in [0.2, 0.25) is 0 Å². The summed E-state index contributed by atoms with van der Waals surface area (Å²) in [5.74, 6) is -0.897. The molecule has 1 N–H and O–H groups in total. The zero-order chi connectivity index (χ0) is 18.8. The number of benzene rings is 1. The molecule has 0 aliphatic rings. The lowest BCUT2D eigenvalue weighted by Crippen LogP contribution is -2.21. The summed E-state index contributed by atoms with van der Waals surface area (Å²) in [5, 5.41) is 4.12. The van der Waals surface area contributed by atoms with Gasteiger partial charge >= 0.3 is 5.97 Å². The zero-order valence-corrected chi connectivity index (χ0v) is 16.3. The highest BCUT2D eigenvalue weighted by atomic mass is 35.5. The first-order valence-corrected chi connectivity index (χ1v) is 9.22. The third-order valence-electron chi connectivity index (χ3n) is 3.73. The molecule has 0 saturated carbocycles. The Morgan fingerprint density at radius 1 is 1.19 bits per heavy atom. The minimum atomic E-state index is -0.537. The van der Waals surface area contributed by atoms with Crippen LogP contribution in [-0.2, 0) is 9.53 Å². The number of esters is 1. The van der Waals surface area contributed by atoms with Crippen LogP contribution in [0.5, 0.6) is 0 Å². The molecule has 0 spiro atoms. The Morgan fingerprint density at radius 2 is 1.92 bits per heavy atom. The van der Waals surface area contributed by atoms with Gasteiger partial charge in [0.1, 0.15) is 4.88 Å². The molecule has 0 radical (unpaired) electrons. The molecule has 0 saturated heterocycles. The van der Waals surface area contributed by atoms with Crippen molar-refractivity contribution in [2.45, 2.75) is 13.8 Å². The van der Waals surface area contributed by atoms with Crippen molar-refractivity contribution in [1.29, 1.82) is 0 Å². The van der Waals surface area contributed by atoms with Crippen molar-refractivity contribution in [3.8, 4) is 0 Å². The first kappa shape index (κ1) is 18.6. The van der Waals surface area contributed by atoms with Crippen LogP contribution in [0.2, 0.25) is 10.0 Å². The second-order valence-electron chi connectivity index (χ2n) is 5.56. The summed E-state index contributed by atoms with van der Waals surface area (Å²) in [4.78, 5) is 28.9. The Kier molecular flexibility index (Phi) is 5.46. The van der Waals surface area contributed by atoms with Gasteiger partial charge in [-0.15, -0.1) is 11.3 Å². The molecule has 0 fully saturated rings. The van der Waals surface area contributed by atoms with Crippen molar-refractivity contribution in [2.24, 2.45) is 0 Å². The fourth-order valence-corrected chi connectivity index (χ4v) is 3.89. The van der Waals surface area contributed by atoms with E-state index in [0.29, 0.717) is 15.6 Å². The number of anilines is 1. The standard InChI is InChI=1S/C18H14Cl2N2O3S/c1-9-11-5-3-4-6-14(11)26-16(9)18(24)25-8-15(23)22-17-13(20)7-12(19)10(2)21-17/h3-7H,8H2,1-2H3,(H,21,22,23). The monoisotopic (exact) mass is 408 g/mol. The number of nitrogens with one attached hydrogen (secondary N) is 1. The SMILES string of the molecule is Cc1nc(NC(=O)COC(=O)c2sc3ccccc3c2C)c(Cl)cc1Cl. The second-order valence-corrected chi connectivity index (χ2v) is 7.43. The van der Waals surface area contributed by atoms with Crippen LogP contribution in [0.4, 0.5) is 5.82 Å². The molecule has 0 unspecified atom stereocenters. The zero-order valence-electron chi connectivity index (χ0n) is 13.9. The molecule has 1 aromatic carbocycles. The maximum atomic E-state index is 12.3. The van der Waals surface area contributed by atoms with Gasteiger partial charge in [0.25, 0.3) is 5.91 Å². The maximum absolute atomic E-state index is 12.3. The van der Waals surface area contributed by atoms with Crippen LogP contribution in [0.3, 0.4) is 0 Å². The van der Waals surface area contributed by atoms with Crippen molar-refractivity contribution >= 4 is 62.3 Å². The molecule has 0 aliphatic carbocycles. The third kappa shape index (κ3) is 3.82. The topological polar surface area (TPSA) is 68.3 Å². The van der Waals surface area contributed by atoms with E-state index in [1.165, 1.54) is 17.4 Å². The number of carbonyl (C=O) groups is 2. The van der Waals surface area contributed by atoms with Crippen LogP contribution in [-0.4, -0.2) is 23.5 Å². The molecule has 0 atom stereocenters. The molecular formula is C18H14Cl2N2O3S. The quantitative estimate of drug-likeness (QED) is 0.615. The van der Waals surface area contributed by atoms with Gasteiger partial charge < -0.3 is 10.1 Å². The van der Waals surface area contributed by atoms with E-state index in [2.05, 4.69) is 10.3 Å². The van der Waals surface area contributed by atoms with Crippen molar-refractivity contribution in [3.63, 3.8) is 0 Å². The van der Waals surface area contributed by atoms with Crippen LogP contribution in [0.15, 0.2) is 30.3 Å². The molecule has 0 bridgehead atoms. The van der Waals surface area contributed by atoms with E-state index in [9.17, 15) is 9.59 Å². The van der Waals surface area contributed by atoms with E-state index in [4.69, 9.17) is 27.9 Å². The van der Waals surface area contributed by atoms with E-state index < -0.39 is 18.5 Å². The number of hydrogen-bond acceptors (Lipinski definition) is 5. The van der Waals surface area contributed by atoms with Crippen LogP contribution in [0.1, 0.15) is 20.9 Å². The summed E-state index contributed by atoms with van der Waals surface area (Å²) in [5.41, 5.74) is 1.37. The number of thiophene rings is 1. The van der Waals surface area contributed by atoms with Crippen molar-refractivity contribution in [3.05, 3.63) is 56.5 Å². The molecule has 8 heteroatoms. The molecule has 1 amide bonds. The lowest BCUT2D eigenvalue weighted by molar-refractivity contribution is -0.119. The normalized spacial score (nSPS) is 10.8. The number of hydrogen-bond donors (Lipinski definition) is 1. The van der Waals surface area contributed by atoms with Crippen molar-refractivity contribution < 1.29 is 14.3 Å². The Morgan fingerprint density at radius 3 is 2.65 bits per heavy atom. The molecule has 5 nitrogen and oxygen atoms in total. The van der Waals surface area contributed by atoms with Gasteiger partial charge in [-0.3, -0.25) is 4.79 Å². The summed E-state index contributed by atoms with van der Waals surface area (Å²) in [6.07, 6.45) is 0. The van der Waals surface area contributed by atoms with E-state index in [1.807, 2.05) is 31.2 Å². The summed E-state index contributed by atoms with van der Waals surface area (Å²) < 4.78 is 6.12. The van der Waals surface area contributed by atoms with Crippen molar-refractivity contribution in [2.75, 3.05) is 11.9 Å². The van der Waals surface area contributed by atoms with Gasteiger partial charge in [-0.1, -0.05) is 41.4 Å². The number of halogens is 2. The Bertz CT molecular complexity index is 1020. The average molecular weight is 409 g/mol. The number of carbonyl (C=O) groups excluding carboxylic acids is 2. The van der Waals surface area contributed by atoms with Crippen LogP contribution in [0, 0.1) is 13.8 Å². The van der Waals surface area contributed by atoms with Crippen LogP contribution in [0.25, 0.3) is 10.1 Å². The fourth-order valence-electron chi connectivity index (χ4n) is 2.38. The highest BCUT2D eigenvalue weighted by Crippen LogP contribution is 2.31. The van der Waals surface area contributed by atoms with Gasteiger partial charge in [-0.2, -0.15) is 0 Å².